The van der Waals surface area contributed by atoms with Crippen LogP contribution in [0.15, 0.2) is 17.2 Å². The smallest absolute Gasteiger partial charge is 0.322 e. The van der Waals surface area contributed by atoms with Gasteiger partial charge in [0, 0.05) is 25.7 Å². The Morgan fingerprint density at radius 2 is 2.28 bits per heavy atom. The number of anilines is 1. The highest BCUT2D eigenvalue weighted by Gasteiger charge is 2.23. The fraction of sp³-hybridized carbons (Fsp3) is 0.583. The van der Waals surface area contributed by atoms with E-state index >= 15 is 0 Å². The van der Waals surface area contributed by atoms with E-state index in [1.807, 2.05) is 6.92 Å². The largest absolute Gasteiger partial charge is 0.323 e. The third kappa shape index (κ3) is 2.69. The highest BCUT2D eigenvalue weighted by atomic mass is 16.2. The van der Waals surface area contributed by atoms with Crippen LogP contribution in [0.1, 0.15) is 26.2 Å². The molecule has 2 heterocycles. The average Bonchev–Trinajstić information content (AvgIpc) is 2.34. The SMILES string of the molecule is CC1CCCCN1C(=O)Nc1cc(=O)n(C)cn1. The van der Waals surface area contributed by atoms with Crippen LogP contribution in [0, 0.1) is 0 Å². The molecular formula is C12H18N4O2. The molecule has 1 unspecified atom stereocenters. The first-order chi connectivity index (χ1) is 8.58. The van der Waals surface area contributed by atoms with Gasteiger partial charge in [-0.05, 0) is 26.2 Å². The van der Waals surface area contributed by atoms with Crippen LogP contribution in [0.2, 0.25) is 0 Å². The van der Waals surface area contributed by atoms with Crippen molar-refractivity contribution in [1.29, 1.82) is 0 Å². The van der Waals surface area contributed by atoms with Gasteiger partial charge in [-0.3, -0.25) is 10.1 Å². The Morgan fingerprint density at radius 1 is 1.50 bits per heavy atom. The number of aryl methyl sites for hydroxylation is 1. The van der Waals surface area contributed by atoms with Crippen LogP contribution in [0.4, 0.5) is 10.6 Å². The van der Waals surface area contributed by atoms with Gasteiger partial charge in [-0.1, -0.05) is 0 Å². The Hall–Kier alpha value is -1.85. The molecule has 98 valence electrons. The fourth-order valence-corrected chi connectivity index (χ4v) is 2.11. The number of aromatic nitrogens is 2. The molecule has 2 rings (SSSR count). The van der Waals surface area contributed by atoms with Crippen molar-refractivity contribution >= 4 is 11.8 Å². The Balaban J connectivity index is 2.06. The number of hydrogen-bond acceptors (Lipinski definition) is 3. The van der Waals surface area contributed by atoms with Crippen molar-refractivity contribution in [3.8, 4) is 0 Å². The van der Waals surface area contributed by atoms with Crippen LogP contribution in [-0.4, -0.2) is 33.1 Å². The summed E-state index contributed by atoms with van der Waals surface area (Å²) < 4.78 is 1.36. The van der Waals surface area contributed by atoms with Crippen LogP contribution in [-0.2, 0) is 7.05 Å². The van der Waals surface area contributed by atoms with Gasteiger partial charge < -0.3 is 9.47 Å². The maximum Gasteiger partial charge on any atom is 0.323 e. The Labute approximate surface area is 106 Å². The Morgan fingerprint density at radius 3 is 2.94 bits per heavy atom. The lowest BCUT2D eigenvalue weighted by atomic mass is 10.0. The summed E-state index contributed by atoms with van der Waals surface area (Å²) in [5.41, 5.74) is -0.188. The fourth-order valence-electron chi connectivity index (χ4n) is 2.11. The van der Waals surface area contributed by atoms with E-state index in [0.717, 1.165) is 25.8 Å². The molecule has 0 aromatic carbocycles. The summed E-state index contributed by atoms with van der Waals surface area (Å²) in [6.07, 6.45) is 4.62. The molecule has 1 saturated heterocycles. The van der Waals surface area contributed by atoms with E-state index in [1.54, 1.807) is 11.9 Å². The second kappa shape index (κ2) is 5.20. The van der Waals surface area contributed by atoms with E-state index in [1.165, 1.54) is 17.0 Å². The number of nitrogens with one attached hydrogen (secondary N) is 1. The number of piperidine rings is 1. The highest BCUT2D eigenvalue weighted by Crippen LogP contribution is 2.17. The zero-order chi connectivity index (χ0) is 13.1. The minimum absolute atomic E-state index is 0.178. The lowest BCUT2D eigenvalue weighted by molar-refractivity contribution is 0.170. The maximum atomic E-state index is 12.0. The molecule has 0 spiro atoms. The molecule has 0 aliphatic carbocycles. The second-order valence-corrected chi connectivity index (χ2v) is 4.69. The minimum Gasteiger partial charge on any atom is -0.322 e. The zero-order valence-electron chi connectivity index (χ0n) is 10.7. The van der Waals surface area contributed by atoms with Crippen molar-refractivity contribution in [2.45, 2.75) is 32.2 Å². The van der Waals surface area contributed by atoms with Crippen molar-refractivity contribution in [2.24, 2.45) is 7.05 Å². The van der Waals surface area contributed by atoms with Crippen molar-refractivity contribution in [3.05, 3.63) is 22.7 Å². The second-order valence-electron chi connectivity index (χ2n) is 4.69. The zero-order valence-corrected chi connectivity index (χ0v) is 10.7. The van der Waals surface area contributed by atoms with Crippen LogP contribution in [0.5, 0.6) is 0 Å². The van der Waals surface area contributed by atoms with E-state index in [4.69, 9.17) is 0 Å². The monoisotopic (exact) mass is 250 g/mol. The lowest BCUT2D eigenvalue weighted by Gasteiger charge is -2.33. The van der Waals surface area contributed by atoms with Gasteiger partial charge in [-0.25, -0.2) is 9.78 Å². The van der Waals surface area contributed by atoms with Gasteiger partial charge in [0.1, 0.15) is 5.82 Å². The first-order valence-corrected chi connectivity index (χ1v) is 6.18. The lowest BCUT2D eigenvalue weighted by Crippen LogP contribution is -2.44. The summed E-state index contributed by atoms with van der Waals surface area (Å²) in [5, 5.41) is 2.67. The number of carbonyl (C=O) groups excluding carboxylic acids is 1. The van der Waals surface area contributed by atoms with Crippen LogP contribution < -0.4 is 10.9 Å². The Kier molecular flexibility index (Phi) is 3.64. The van der Waals surface area contributed by atoms with E-state index in [-0.39, 0.29) is 17.6 Å². The average molecular weight is 250 g/mol. The number of rotatable bonds is 1. The summed E-state index contributed by atoms with van der Waals surface area (Å²) >= 11 is 0. The molecular weight excluding hydrogens is 232 g/mol. The molecule has 1 N–H and O–H groups in total. The first kappa shape index (κ1) is 12.6. The number of amides is 2. The summed E-state index contributed by atoms with van der Waals surface area (Å²) in [6.45, 7) is 2.80. The quantitative estimate of drug-likeness (QED) is 0.814. The van der Waals surface area contributed by atoms with Gasteiger partial charge in [0.15, 0.2) is 0 Å². The maximum absolute atomic E-state index is 12.0. The molecule has 0 saturated carbocycles. The van der Waals surface area contributed by atoms with E-state index in [0.29, 0.717) is 5.82 Å². The van der Waals surface area contributed by atoms with Crippen LogP contribution >= 0.6 is 0 Å². The standard InChI is InChI=1S/C12H18N4O2/c1-9-5-3-4-6-16(9)12(18)14-10-7-11(17)15(2)8-13-10/h7-9H,3-6H2,1-2H3,(H,14,18). The predicted molar refractivity (Wildman–Crippen MR) is 68.5 cm³/mol. The number of hydrogen-bond donors (Lipinski definition) is 1. The third-order valence-corrected chi connectivity index (χ3v) is 3.28. The minimum atomic E-state index is -0.188. The highest BCUT2D eigenvalue weighted by molar-refractivity contribution is 5.88. The molecule has 1 atom stereocenters. The topological polar surface area (TPSA) is 67.2 Å². The molecule has 1 aliphatic heterocycles. The normalized spacial score (nSPS) is 19.7. The molecule has 1 aromatic heterocycles. The third-order valence-electron chi connectivity index (χ3n) is 3.28. The molecule has 6 nitrogen and oxygen atoms in total. The van der Waals surface area contributed by atoms with Crippen molar-refractivity contribution in [1.82, 2.24) is 14.5 Å². The summed E-state index contributed by atoms with van der Waals surface area (Å²) in [7, 11) is 1.62. The van der Waals surface area contributed by atoms with Gasteiger partial charge in [0.25, 0.3) is 5.56 Å². The molecule has 1 fully saturated rings. The molecule has 6 heteroatoms. The van der Waals surface area contributed by atoms with Gasteiger partial charge >= 0.3 is 6.03 Å². The molecule has 1 aromatic rings. The van der Waals surface area contributed by atoms with Crippen molar-refractivity contribution in [2.75, 3.05) is 11.9 Å². The molecule has 2 amide bonds. The van der Waals surface area contributed by atoms with Crippen LogP contribution in [0.3, 0.4) is 0 Å². The first-order valence-electron chi connectivity index (χ1n) is 6.18. The number of likely N-dealkylation sites (tertiary alicyclic amines) is 1. The van der Waals surface area contributed by atoms with E-state index in [9.17, 15) is 9.59 Å². The van der Waals surface area contributed by atoms with Gasteiger partial charge in [0.05, 0.1) is 6.33 Å². The van der Waals surface area contributed by atoms with E-state index < -0.39 is 0 Å². The van der Waals surface area contributed by atoms with Gasteiger partial charge in [-0.15, -0.1) is 0 Å². The Bertz CT molecular complexity index is 497. The van der Waals surface area contributed by atoms with Crippen LogP contribution in [0.25, 0.3) is 0 Å². The van der Waals surface area contributed by atoms with Crippen molar-refractivity contribution in [3.63, 3.8) is 0 Å². The van der Waals surface area contributed by atoms with Gasteiger partial charge in [-0.2, -0.15) is 0 Å². The molecule has 0 radical (unpaired) electrons. The van der Waals surface area contributed by atoms with Crippen molar-refractivity contribution < 1.29 is 4.79 Å². The summed E-state index contributed by atoms with van der Waals surface area (Å²) in [4.78, 5) is 29.3. The van der Waals surface area contributed by atoms with E-state index in [2.05, 4.69) is 10.3 Å². The predicted octanol–water partition coefficient (Wildman–Crippen LogP) is 1.19. The number of carbonyl (C=O) groups is 1. The molecule has 0 bridgehead atoms. The summed E-state index contributed by atoms with van der Waals surface area (Å²) in [6, 6.07) is 1.39. The number of urea groups is 1. The van der Waals surface area contributed by atoms with Gasteiger partial charge in [0.2, 0.25) is 0 Å². The number of nitrogens with zero attached hydrogens (tertiary/aromatic N) is 3. The molecule has 1 aliphatic rings. The molecule has 18 heavy (non-hydrogen) atoms. The summed E-state index contributed by atoms with van der Waals surface area (Å²) in [5.74, 6) is 0.306.